The van der Waals surface area contributed by atoms with Crippen LogP contribution in [0.25, 0.3) is 0 Å². The Morgan fingerprint density at radius 3 is 2.18 bits per heavy atom. The van der Waals surface area contributed by atoms with Gasteiger partial charge < -0.3 is 10.1 Å². The van der Waals surface area contributed by atoms with Crippen LogP contribution in [0.1, 0.15) is 31.1 Å². The number of halogens is 2. The molecule has 0 saturated carbocycles. The van der Waals surface area contributed by atoms with Gasteiger partial charge in [0.25, 0.3) is 0 Å². The molecular formula is C17H17Br2NO2. The molecule has 5 heteroatoms. The van der Waals surface area contributed by atoms with E-state index in [1.165, 1.54) is 0 Å². The van der Waals surface area contributed by atoms with Crippen LogP contribution in [0, 0.1) is 0 Å². The zero-order valence-corrected chi connectivity index (χ0v) is 15.8. The smallest absolute Gasteiger partial charge is 0.340 e. The van der Waals surface area contributed by atoms with Crippen LogP contribution in [0.5, 0.6) is 0 Å². The van der Waals surface area contributed by atoms with E-state index < -0.39 is 5.60 Å². The molecule has 2 rings (SSSR count). The first kappa shape index (κ1) is 17.0. The van der Waals surface area contributed by atoms with Crippen molar-refractivity contribution in [2.75, 3.05) is 5.32 Å². The molecule has 0 amide bonds. The maximum atomic E-state index is 12.4. The minimum Gasteiger partial charge on any atom is -0.456 e. The molecule has 22 heavy (non-hydrogen) atoms. The lowest BCUT2D eigenvalue weighted by Crippen LogP contribution is -2.24. The van der Waals surface area contributed by atoms with E-state index in [0.717, 1.165) is 14.6 Å². The van der Waals surface area contributed by atoms with Crippen molar-refractivity contribution >= 4 is 49.2 Å². The fraction of sp³-hybridized carbons (Fsp3) is 0.235. The molecule has 0 aromatic heterocycles. The quantitative estimate of drug-likeness (QED) is 0.619. The van der Waals surface area contributed by atoms with Crippen molar-refractivity contribution in [3.05, 3.63) is 57.0 Å². The number of anilines is 2. The molecule has 2 aromatic rings. The van der Waals surface area contributed by atoms with Crippen LogP contribution >= 0.6 is 31.9 Å². The van der Waals surface area contributed by atoms with E-state index in [4.69, 9.17) is 4.74 Å². The monoisotopic (exact) mass is 425 g/mol. The zero-order valence-electron chi connectivity index (χ0n) is 12.6. The third kappa shape index (κ3) is 4.85. The highest BCUT2D eigenvalue weighted by molar-refractivity contribution is 9.10. The summed E-state index contributed by atoms with van der Waals surface area (Å²) < 4.78 is 7.30. The molecule has 0 atom stereocenters. The Kier molecular flexibility index (Phi) is 5.29. The standard InChI is InChI=1S/C17H17Br2NO2/c1-17(2,3)22-16(21)14-10-12(19)6-9-15(14)20-13-7-4-11(18)5-8-13/h4-10,20H,1-3H3. The maximum absolute atomic E-state index is 12.4. The number of carbonyl (C=O) groups excluding carboxylic acids is 1. The van der Waals surface area contributed by atoms with Crippen molar-refractivity contribution < 1.29 is 9.53 Å². The summed E-state index contributed by atoms with van der Waals surface area (Å²) in [5.74, 6) is -0.353. The van der Waals surface area contributed by atoms with Crippen molar-refractivity contribution in [1.82, 2.24) is 0 Å². The van der Waals surface area contributed by atoms with Gasteiger partial charge in [-0.05, 0) is 63.2 Å². The van der Waals surface area contributed by atoms with Crippen LogP contribution in [-0.2, 0) is 4.74 Å². The van der Waals surface area contributed by atoms with Gasteiger partial charge in [0, 0.05) is 14.6 Å². The van der Waals surface area contributed by atoms with Gasteiger partial charge in [-0.3, -0.25) is 0 Å². The minimum atomic E-state index is -0.533. The number of nitrogens with one attached hydrogen (secondary N) is 1. The fourth-order valence-corrected chi connectivity index (χ4v) is 2.44. The Morgan fingerprint density at radius 2 is 1.59 bits per heavy atom. The van der Waals surface area contributed by atoms with E-state index in [1.54, 1.807) is 6.07 Å². The number of benzene rings is 2. The summed E-state index contributed by atoms with van der Waals surface area (Å²) in [7, 11) is 0. The van der Waals surface area contributed by atoms with Gasteiger partial charge in [-0.1, -0.05) is 31.9 Å². The Morgan fingerprint density at radius 1 is 1.00 bits per heavy atom. The molecule has 0 unspecified atom stereocenters. The first-order chi connectivity index (χ1) is 10.2. The third-order valence-corrected chi connectivity index (χ3v) is 3.75. The molecule has 0 saturated heterocycles. The number of hydrogen-bond donors (Lipinski definition) is 1. The molecular weight excluding hydrogens is 410 g/mol. The predicted molar refractivity (Wildman–Crippen MR) is 96.7 cm³/mol. The molecule has 3 nitrogen and oxygen atoms in total. The molecule has 116 valence electrons. The van der Waals surface area contributed by atoms with Gasteiger partial charge in [-0.25, -0.2) is 4.79 Å². The lowest BCUT2D eigenvalue weighted by Gasteiger charge is -2.21. The molecule has 0 radical (unpaired) electrons. The molecule has 0 heterocycles. The largest absolute Gasteiger partial charge is 0.456 e. The van der Waals surface area contributed by atoms with Crippen LogP contribution in [-0.4, -0.2) is 11.6 Å². The van der Waals surface area contributed by atoms with E-state index >= 15 is 0 Å². The average molecular weight is 427 g/mol. The third-order valence-electron chi connectivity index (χ3n) is 2.72. The van der Waals surface area contributed by atoms with Crippen LogP contribution in [0.15, 0.2) is 51.4 Å². The van der Waals surface area contributed by atoms with E-state index in [-0.39, 0.29) is 5.97 Å². The first-order valence-electron chi connectivity index (χ1n) is 6.80. The van der Waals surface area contributed by atoms with Crippen LogP contribution in [0.3, 0.4) is 0 Å². The van der Waals surface area contributed by atoms with Crippen LogP contribution in [0.4, 0.5) is 11.4 Å². The molecule has 0 aliphatic carbocycles. The molecule has 1 N–H and O–H groups in total. The second-order valence-corrected chi connectivity index (χ2v) is 7.66. The summed E-state index contributed by atoms with van der Waals surface area (Å²) >= 11 is 6.80. The molecule has 2 aromatic carbocycles. The van der Waals surface area contributed by atoms with Crippen LogP contribution < -0.4 is 5.32 Å². The molecule has 0 spiro atoms. The number of carbonyl (C=O) groups is 1. The van der Waals surface area contributed by atoms with Crippen molar-refractivity contribution in [2.24, 2.45) is 0 Å². The van der Waals surface area contributed by atoms with Gasteiger partial charge in [0.1, 0.15) is 5.60 Å². The normalized spacial score (nSPS) is 11.1. The number of hydrogen-bond acceptors (Lipinski definition) is 3. The molecule has 0 fully saturated rings. The van der Waals surface area contributed by atoms with Crippen molar-refractivity contribution in [2.45, 2.75) is 26.4 Å². The van der Waals surface area contributed by atoms with Gasteiger partial charge in [0.15, 0.2) is 0 Å². The lowest BCUT2D eigenvalue weighted by atomic mass is 10.1. The average Bonchev–Trinajstić information content (AvgIpc) is 2.41. The number of esters is 1. The summed E-state index contributed by atoms with van der Waals surface area (Å²) in [6.07, 6.45) is 0. The summed E-state index contributed by atoms with van der Waals surface area (Å²) in [5, 5.41) is 3.25. The van der Waals surface area contributed by atoms with E-state index in [9.17, 15) is 4.79 Å². The van der Waals surface area contributed by atoms with E-state index in [2.05, 4.69) is 37.2 Å². The van der Waals surface area contributed by atoms with E-state index in [0.29, 0.717) is 11.3 Å². The molecule has 0 aliphatic rings. The van der Waals surface area contributed by atoms with Gasteiger partial charge in [0.2, 0.25) is 0 Å². The number of rotatable bonds is 3. The second-order valence-electron chi connectivity index (χ2n) is 5.82. The van der Waals surface area contributed by atoms with Gasteiger partial charge in [0.05, 0.1) is 11.3 Å². The van der Waals surface area contributed by atoms with Crippen molar-refractivity contribution in [3.63, 3.8) is 0 Å². The highest BCUT2D eigenvalue weighted by Crippen LogP contribution is 2.27. The zero-order chi connectivity index (χ0) is 16.3. The maximum Gasteiger partial charge on any atom is 0.340 e. The Labute approximate surface area is 147 Å². The number of ether oxygens (including phenoxy) is 1. The Bertz CT molecular complexity index is 676. The topological polar surface area (TPSA) is 38.3 Å². The second kappa shape index (κ2) is 6.84. The van der Waals surface area contributed by atoms with Gasteiger partial charge in [-0.15, -0.1) is 0 Å². The molecule has 0 aliphatic heterocycles. The van der Waals surface area contributed by atoms with Crippen molar-refractivity contribution in [3.8, 4) is 0 Å². The van der Waals surface area contributed by atoms with Gasteiger partial charge >= 0.3 is 5.97 Å². The highest BCUT2D eigenvalue weighted by Gasteiger charge is 2.20. The summed E-state index contributed by atoms with van der Waals surface area (Å²) in [6, 6.07) is 13.2. The predicted octanol–water partition coefficient (Wildman–Crippen LogP) is 5.91. The fourth-order valence-electron chi connectivity index (χ4n) is 1.82. The lowest BCUT2D eigenvalue weighted by molar-refractivity contribution is 0.00707. The molecule has 0 bridgehead atoms. The Hall–Kier alpha value is -1.33. The SMILES string of the molecule is CC(C)(C)OC(=O)c1cc(Br)ccc1Nc1ccc(Br)cc1. The summed E-state index contributed by atoms with van der Waals surface area (Å²) in [6.45, 7) is 5.56. The van der Waals surface area contributed by atoms with E-state index in [1.807, 2.05) is 57.2 Å². The summed E-state index contributed by atoms with van der Waals surface area (Å²) in [4.78, 5) is 12.4. The Balaban J connectivity index is 2.31. The van der Waals surface area contributed by atoms with Crippen molar-refractivity contribution in [1.29, 1.82) is 0 Å². The summed E-state index contributed by atoms with van der Waals surface area (Å²) in [5.41, 5.74) is 1.57. The van der Waals surface area contributed by atoms with Gasteiger partial charge in [-0.2, -0.15) is 0 Å². The van der Waals surface area contributed by atoms with Crippen LogP contribution in [0.2, 0.25) is 0 Å². The minimum absolute atomic E-state index is 0.353. The highest BCUT2D eigenvalue weighted by atomic mass is 79.9. The first-order valence-corrected chi connectivity index (χ1v) is 8.39.